The molecule has 3 nitrogen and oxygen atoms in total. The first kappa shape index (κ1) is 22.3. The van der Waals surface area contributed by atoms with Crippen LogP contribution in [0.25, 0.3) is 0 Å². The molecule has 2 aliphatic carbocycles. The molecule has 0 N–H and O–H groups in total. The maximum Gasteiger partial charge on any atom is 0.309 e. The Hall–Kier alpha value is -2.34. The Labute approximate surface area is 181 Å². The Morgan fingerprint density at radius 2 is 1.73 bits per heavy atom. The predicted molar refractivity (Wildman–Crippen MR) is 121 cm³/mol. The Balaban J connectivity index is 1.39. The van der Waals surface area contributed by atoms with E-state index in [-0.39, 0.29) is 18.0 Å². The number of nitrogens with zero attached hydrogens (tertiary/aromatic N) is 1. The lowest BCUT2D eigenvalue weighted by Gasteiger charge is -2.31. The van der Waals surface area contributed by atoms with Gasteiger partial charge in [-0.2, -0.15) is 5.26 Å². The average molecular weight is 406 g/mol. The van der Waals surface area contributed by atoms with Crippen LogP contribution in [0.3, 0.4) is 0 Å². The van der Waals surface area contributed by atoms with Crippen molar-refractivity contribution in [2.75, 3.05) is 0 Å². The maximum absolute atomic E-state index is 12.7. The summed E-state index contributed by atoms with van der Waals surface area (Å²) in [5.74, 6) is 1.22. The van der Waals surface area contributed by atoms with Crippen LogP contribution in [0.1, 0.15) is 81.8 Å². The summed E-state index contributed by atoms with van der Waals surface area (Å²) in [6.07, 6.45) is 17.9. The van der Waals surface area contributed by atoms with Crippen molar-refractivity contribution < 1.29 is 9.53 Å². The van der Waals surface area contributed by atoms with Crippen LogP contribution >= 0.6 is 0 Å². The zero-order valence-electron chi connectivity index (χ0n) is 18.3. The van der Waals surface area contributed by atoms with Gasteiger partial charge in [-0.3, -0.25) is 4.79 Å². The van der Waals surface area contributed by atoms with Gasteiger partial charge in [-0.25, -0.2) is 0 Å². The quantitative estimate of drug-likeness (QED) is 0.290. The number of hydrogen-bond acceptors (Lipinski definition) is 3. The van der Waals surface area contributed by atoms with Crippen LogP contribution in [0.2, 0.25) is 0 Å². The summed E-state index contributed by atoms with van der Waals surface area (Å²) in [6, 6.07) is 11.1. The number of rotatable bonds is 7. The van der Waals surface area contributed by atoms with E-state index in [9.17, 15) is 4.79 Å². The number of ether oxygens (including phenoxy) is 1. The van der Waals surface area contributed by atoms with E-state index in [4.69, 9.17) is 10.00 Å². The molecule has 0 aliphatic heterocycles. The van der Waals surface area contributed by atoms with E-state index in [0.717, 1.165) is 57.8 Å². The van der Waals surface area contributed by atoms with Crippen molar-refractivity contribution in [3.8, 4) is 6.07 Å². The highest BCUT2D eigenvalue weighted by molar-refractivity contribution is 5.72. The fourth-order valence-electron chi connectivity index (χ4n) is 4.89. The number of carbonyl (C=O) groups excluding carboxylic acids is 1. The SMILES string of the molecule is CCCc1ccc([C@H]2CC[C@H](C(=O)OC3CCC(/C=C/C=CC#N)CC3)CC2)cc1. The average Bonchev–Trinajstić information content (AvgIpc) is 2.79. The number of allylic oxidation sites excluding steroid dienone is 4. The van der Waals surface area contributed by atoms with Crippen LogP contribution in [-0.2, 0) is 16.0 Å². The molecule has 160 valence electrons. The molecule has 30 heavy (non-hydrogen) atoms. The van der Waals surface area contributed by atoms with Crippen molar-refractivity contribution >= 4 is 5.97 Å². The number of esters is 1. The standard InChI is InChI=1S/C27H35NO2/c1-2-6-21-8-12-23(13-9-21)24-14-16-25(17-15-24)27(29)30-26-18-10-22(11-19-26)7-4-3-5-20-28/h3-5,7-9,12-13,22,24-26H,2,6,10-11,14-19H2,1H3/b5-3?,7-4+/t22?,24-,25-,26?. The summed E-state index contributed by atoms with van der Waals surface area (Å²) in [4.78, 5) is 12.7. The normalized spacial score (nSPS) is 27.2. The van der Waals surface area contributed by atoms with E-state index in [1.54, 1.807) is 6.08 Å². The monoisotopic (exact) mass is 405 g/mol. The number of carbonyl (C=O) groups is 1. The van der Waals surface area contributed by atoms with Gasteiger partial charge in [0.2, 0.25) is 0 Å². The largest absolute Gasteiger partial charge is 0.462 e. The van der Waals surface area contributed by atoms with Crippen molar-refractivity contribution in [2.24, 2.45) is 11.8 Å². The number of hydrogen-bond donors (Lipinski definition) is 0. The molecule has 3 rings (SSSR count). The van der Waals surface area contributed by atoms with E-state index in [2.05, 4.69) is 37.3 Å². The molecule has 3 heteroatoms. The van der Waals surface area contributed by atoms with Crippen molar-refractivity contribution in [3.05, 3.63) is 59.7 Å². The zero-order chi connectivity index (χ0) is 21.2. The molecule has 0 unspecified atom stereocenters. The molecular formula is C27H35NO2. The topological polar surface area (TPSA) is 50.1 Å². The molecule has 0 saturated heterocycles. The second-order valence-corrected chi connectivity index (χ2v) is 8.89. The first-order valence-corrected chi connectivity index (χ1v) is 11.7. The molecule has 1 aromatic rings. The lowest BCUT2D eigenvalue weighted by Crippen LogP contribution is -2.29. The molecule has 2 fully saturated rings. The maximum atomic E-state index is 12.7. The minimum Gasteiger partial charge on any atom is -0.462 e. The van der Waals surface area contributed by atoms with E-state index < -0.39 is 0 Å². The van der Waals surface area contributed by atoms with Gasteiger partial charge in [0, 0.05) is 6.08 Å². The van der Waals surface area contributed by atoms with Crippen molar-refractivity contribution in [2.45, 2.75) is 83.2 Å². The van der Waals surface area contributed by atoms with Gasteiger partial charge in [0.1, 0.15) is 6.10 Å². The van der Waals surface area contributed by atoms with Gasteiger partial charge in [0.15, 0.2) is 0 Å². The van der Waals surface area contributed by atoms with E-state index >= 15 is 0 Å². The van der Waals surface area contributed by atoms with E-state index in [0.29, 0.717) is 11.8 Å². The molecular weight excluding hydrogens is 370 g/mol. The van der Waals surface area contributed by atoms with Crippen molar-refractivity contribution in [1.82, 2.24) is 0 Å². The summed E-state index contributed by atoms with van der Waals surface area (Å²) in [7, 11) is 0. The van der Waals surface area contributed by atoms with Crippen LogP contribution in [-0.4, -0.2) is 12.1 Å². The van der Waals surface area contributed by atoms with Gasteiger partial charge in [0.05, 0.1) is 12.0 Å². The lowest BCUT2D eigenvalue weighted by molar-refractivity contribution is -0.157. The molecule has 2 saturated carbocycles. The van der Waals surface area contributed by atoms with Crippen molar-refractivity contribution in [3.63, 3.8) is 0 Å². The molecule has 0 heterocycles. The highest BCUT2D eigenvalue weighted by atomic mass is 16.5. The van der Waals surface area contributed by atoms with Gasteiger partial charge in [-0.1, -0.05) is 55.8 Å². The van der Waals surface area contributed by atoms with Crippen LogP contribution < -0.4 is 0 Å². The van der Waals surface area contributed by atoms with Gasteiger partial charge >= 0.3 is 5.97 Å². The summed E-state index contributed by atoms with van der Waals surface area (Å²) < 4.78 is 5.89. The van der Waals surface area contributed by atoms with Gasteiger partial charge in [-0.05, 0) is 80.8 Å². The predicted octanol–water partition coefficient (Wildman–Crippen LogP) is 6.65. The fourth-order valence-corrected chi connectivity index (χ4v) is 4.89. The second kappa shape index (κ2) is 11.7. The highest BCUT2D eigenvalue weighted by Gasteiger charge is 2.30. The summed E-state index contributed by atoms with van der Waals surface area (Å²) in [5.41, 5.74) is 2.85. The third-order valence-electron chi connectivity index (χ3n) is 6.72. The van der Waals surface area contributed by atoms with Crippen LogP contribution in [0.5, 0.6) is 0 Å². The molecule has 0 atom stereocenters. The Bertz CT molecular complexity index is 755. The van der Waals surface area contributed by atoms with Gasteiger partial charge < -0.3 is 4.74 Å². The number of aryl methyl sites for hydroxylation is 1. The molecule has 0 spiro atoms. The summed E-state index contributed by atoms with van der Waals surface area (Å²) >= 11 is 0. The Kier molecular flexibility index (Phi) is 8.75. The Morgan fingerprint density at radius 3 is 2.37 bits per heavy atom. The van der Waals surface area contributed by atoms with Gasteiger partial charge in [-0.15, -0.1) is 0 Å². The van der Waals surface area contributed by atoms with Crippen LogP contribution in [0, 0.1) is 23.2 Å². The minimum absolute atomic E-state index is 0.0303. The first-order chi connectivity index (χ1) is 14.7. The third-order valence-corrected chi connectivity index (χ3v) is 6.72. The molecule has 0 aromatic heterocycles. The molecule has 2 aliphatic rings. The highest BCUT2D eigenvalue weighted by Crippen LogP contribution is 2.37. The molecule has 0 radical (unpaired) electrons. The number of nitriles is 1. The van der Waals surface area contributed by atoms with Crippen molar-refractivity contribution in [1.29, 1.82) is 5.26 Å². The Morgan fingerprint density at radius 1 is 1.03 bits per heavy atom. The molecule has 0 bridgehead atoms. The third kappa shape index (κ3) is 6.59. The molecule has 1 aromatic carbocycles. The van der Waals surface area contributed by atoms with Crippen LogP contribution in [0.4, 0.5) is 0 Å². The summed E-state index contributed by atoms with van der Waals surface area (Å²) in [5, 5.41) is 8.51. The minimum atomic E-state index is 0.0303. The van der Waals surface area contributed by atoms with Crippen LogP contribution in [0.15, 0.2) is 48.6 Å². The summed E-state index contributed by atoms with van der Waals surface area (Å²) in [6.45, 7) is 2.22. The lowest BCUT2D eigenvalue weighted by atomic mass is 9.78. The van der Waals surface area contributed by atoms with Gasteiger partial charge in [0.25, 0.3) is 0 Å². The second-order valence-electron chi connectivity index (χ2n) is 8.89. The zero-order valence-corrected chi connectivity index (χ0v) is 18.3. The smallest absolute Gasteiger partial charge is 0.309 e. The molecule has 0 amide bonds. The fraction of sp³-hybridized carbons (Fsp3) is 0.556. The number of benzene rings is 1. The van der Waals surface area contributed by atoms with E-state index in [1.807, 2.05) is 12.1 Å². The van der Waals surface area contributed by atoms with E-state index in [1.165, 1.54) is 23.6 Å². The first-order valence-electron chi connectivity index (χ1n) is 11.7.